The van der Waals surface area contributed by atoms with Crippen molar-refractivity contribution in [2.75, 3.05) is 6.54 Å². The number of aliphatic carboxylic acids is 1. The number of aromatic amines is 1. The first-order valence-corrected chi connectivity index (χ1v) is 6.52. The zero-order chi connectivity index (χ0) is 14.3. The monoisotopic (exact) mass is 280 g/mol. The van der Waals surface area contributed by atoms with Crippen LogP contribution in [0, 0.1) is 0 Å². The molecule has 20 heavy (non-hydrogen) atoms. The van der Waals surface area contributed by atoms with E-state index in [1.807, 2.05) is 0 Å². The fourth-order valence-corrected chi connectivity index (χ4v) is 2.84. The number of nitrogens with one attached hydrogen (secondary N) is 2. The van der Waals surface area contributed by atoms with Gasteiger partial charge in [-0.3, -0.25) is 10.1 Å². The summed E-state index contributed by atoms with van der Waals surface area (Å²) in [5, 5.41) is 21.8. The number of carboxylic acid groups (broad SMARTS) is 1. The summed E-state index contributed by atoms with van der Waals surface area (Å²) in [7, 11) is 0. The zero-order valence-corrected chi connectivity index (χ0v) is 10.7. The van der Waals surface area contributed by atoms with Gasteiger partial charge in [0.05, 0.1) is 29.9 Å². The Hall–Kier alpha value is -1.93. The Bertz CT molecular complexity index is 543. The molecule has 8 heteroatoms. The molecule has 0 saturated carbocycles. The molecule has 1 saturated heterocycles. The number of aromatic nitrogens is 2. The fraction of sp³-hybridized carbons (Fsp3) is 0.583. The Kier molecular flexibility index (Phi) is 3.19. The second kappa shape index (κ2) is 4.88. The molecule has 2 aliphatic heterocycles. The lowest BCUT2D eigenvalue weighted by atomic mass is 10.0. The molecule has 8 nitrogen and oxygen atoms in total. The molecule has 1 aromatic heterocycles. The highest BCUT2D eigenvalue weighted by Crippen LogP contribution is 2.21. The predicted octanol–water partition coefficient (Wildman–Crippen LogP) is -1.53. The Morgan fingerprint density at radius 2 is 2.25 bits per heavy atom. The van der Waals surface area contributed by atoms with Gasteiger partial charge in [0.1, 0.15) is 6.04 Å². The van der Waals surface area contributed by atoms with Gasteiger partial charge >= 0.3 is 5.97 Å². The summed E-state index contributed by atoms with van der Waals surface area (Å²) in [6, 6.07) is -1.43. The zero-order valence-electron chi connectivity index (χ0n) is 10.7. The van der Waals surface area contributed by atoms with Gasteiger partial charge in [0.2, 0.25) is 5.91 Å². The van der Waals surface area contributed by atoms with E-state index < -0.39 is 24.2 Å². The number of hydrogen-bond acceptors (Lipinski definition) is 5. The van der Waals surface area contributed by atoms with Gasteiger partial charge in [0, 0.05) is 25.9 Å². The smallest absolute Gasteiger partial charge is 0.326 e. The Balaban J connectivity index is 1.74. The van der Waals surface area contributed by atoms with E-state index in [-0.39, 0.29) is 18.9 Å². The molecule has 1 aromatic rings. The number of aliphatic hydroxyl groups is 1. The van der Waals surface area contributed by atoms with Crippen LogP contribution in [0.2, 0.25) is 0 Å². The number of likely N-dealkylation sites (tertiary alicyclic amines) is 1. The number of H-pyrrole nitrogens is 1. The third-order valence-electron chi connectivity index (χ3n) is 3.88. The molecule has 3 unspecified atom stereocenters. The molecule has 1 fully saturated rings. The fourth-order valence-electron chi connectivity index (χ4n) is 2.84. The Labute approximate surface area is 114 Å². The molecule has 108 valence electrons. The van der Waals surface area contributed by atoms with Gasteiger partial charge in [-0.15, -0.1) is 0 Å². The maximum atomic E-state index is 12.4. The number of carbonyl (C=O) groups excluding carboxylic acids is 1. The lowest BCUT2D eigenvalue weighted by Crippen LogP contribution is -2.52. The highest BCUT2D eigenvalue weighted by atomic mass is 16.4. The summed E-state index contributed by atoms with van der Waals surface area (Å²) in [4.78, 5) is 32.0. The maximum absolute atomic E-state index is 12.4. The highest BCUT2D eigenvalue weighted by molar-refractivity contribution is 5.88. The number of fused-ring (bicyclic) bond motifs is 1. The molecule has 3 heterocycles. The van der Waals surface area contributed by atoms with E-state index >= 15 is 0 Å². The Morgan fingerprint density at radius 1 is 1.45 bits per heavy atom. The number of β-amino-alcohol motifs (C(OH)–C–C–N with tert-alkyl or cyclic N) is 1. The van der Waals surface area contributed by atoms with Crippen LogP contribution in [-0.4, -0.2) is 61.7 Å². The van der Waals surface area contributed by atoms with E-state index in [0.717, 1.165) is 11.4 Å². The molecule has 0 bridgehead atoms. The Morgan fingerprint density at radius 3 is 3.00 bits per heavy atom. The lowest BCUT2D eigenvalue weighted by Gasteiger charge is -2.29. The first-order chi connectivity index (χ1) is 9.56. The number of aliphatic hydroxyl groups excluding tert-OH is 1. The van der Waals surface area contributed by atoms with Gasteiger partial charge in [-0.1, -0.05) is 0 Å². The van der Waals surface area contributed by atoms with Crippen molar-refractivity contribution in [1.29, 1.82) is 0 Å². The van der Waals surface area contributed by atoms with Crippen LogP contribution < -0.4 is 5.32 Å². The van der Waals surface area contributed by atoms with Crippen molar-refractivity contribution in [2.45, 2.75) is 37.6 Å². The average Bonchev–Trinajstić information content (AvgIpc) is 3.02. The average molecular weight is 280 g/mol. The molecule has 3 rings (SSSR count). The molecule has 0 aromatic carbocycles. The predicted molar refractivity (Wildman–Crippen MR) is 66.7 cm³/mol. The van der Waals surface area contributed by atoms with Gasteiger partial charge in [0.25, 0.3) is 0 Å². The van der Waals surface area contributed by atoms with E-state index in [4.69, 9.17) is 5.11 Å². The van der Waals surface area contributed by atoms with Crippen molar-refractivity contribution in [3.05, 3.63) is 17.7 Å². The van der Waals surface area contributed by atoms with Crippen molar-refractivity contribution in [2.24, 2.45) is 0 Å². The largest absolute Gasteiger partial charge is 0.480 e. The van der Waals surface area contributed by atoms with E-state index in [2.05, 4.69) is 15.3 Å². The number of imidazole rings is 1. The second-order valence-electron chi connectivity index (χ2n) is 5.20. The van der Waals surface area contributed by atoms with Crippen LogP contribution in [-0.2, 0) is 22.6 Å². The SMILES string of the molecule is O=C(O)C1CC(O)CN1C(=O)C1Cc2nc[nH]c2CN1. The summed E-state index contributed by atoms with van der Waals surface area (Å²) in [5.41, 5.74) is 1.78. The van der Waals surface area contributed by atoms with Gasteiger partial charge in [0.15, 0.2) is 0 Å². The summed E-state index contributed by atoms with van der Waals surface area (Å²) in [6.07, 6.45) is 1.32. The number of hydrogen-bond donors (Lipinski definition) is 4. The van der Waals surface area contributed by atoms with Crippen molar-refractivity contribution < 1.29 is 19.8 Å². The van der Waals surface area contributed by atoms with Crippen LogP contribution in [0.5, 0.6) is 0 Å². The quantitative estimate of drug-likeness (QED) is 0.522. The molecule has 1 amide bonds. The minimum Gasteiger partial charge on any atom is -0.480 e. The van der Waals surface area contributed by atoms with Gasteiger partial charge in [-0.05, 0) is 0 Å². The third-order valence-corrected chi connectivity index (χ3v) is 3.88. The molecule has 3 atom stereocenters. The second-order valence-corrected chi connectivity index (χ2v) is 5.20. The van der Waals surface area contributed by atoms with Crippen LogP contribution in [0.25, 0.3) is 0 Å². The standard InChI is InChI=1S/C12H16N4O4/c17-6-1-10(12(19)20)16(4-6)11(18)8-2-7-9(3-13-8)15-5-14-7/h5-6,8,10,13,17H,1-4H2,(H,14,15)(H,19,20). The molecular weight excluding hydrogens is 264 g/mol. The molecule has 0 spiro atoms. The number of amides is 1. The van der Waals surface area contributed by atoms with Crippen LogP contribution in [0.15, 0.2) is 6.33 Å². The van der Waals surface area contributed by atoms with Gasteiger partial charge in [-0.25, -0.2) is 9.78 Å². The number of carboxylic acids is 1. The van der Waals surface area contributed by atoms with Crippen LogP contribution in [0.3, 0.4) is 0 Å². The van der Waals surface area contributed by atoms with Crippen LogP contribution >= 0.6 is 0 Å². The molecule has 0 radical (unpaired) electrons. The van der Waals surface area contributed by atoms with E-state index in [9.17, 15) is 14.7 Å². The minimum atomic E-state index is -1.08. The van der Waals surface area contributed by atoms with Crippen molar-refractivity contribution in [3.63, 3.8) is 0 Å². The van der Waals surface area contributed by atoms with E-state index in [1.54, 1.807) is 6.33 Å². The van der Waals surface area contributed by atoms with E-state index in [1.165, 1.54) is 4.90 Å². The van der Waals surface area contributed by atoms with Crippen molar-refractivity contribution in [3.8, 4) is 0 Å². The summed E-state index contributed by atoms with van der Waals surface area (Å²) < 4.78 is 0. The first kappa shape index (κ1) is 13.1. The summed E-state index contributed by atoms with van der Waals surface area (Å²) >= 11 is 0. The molecule has 4 N–H and O–H groups in total. The molecular formula is C12H16N4O4. The summed E-state index contributed by atoms with van der Waals surface area (Å²) in [5.74, 6) is -1.37. The minimum absolute atomic E-state index is 0.0708. The highest BCUT2D eigenvalue weighted by Gasteiger charge is 2.41. The van der Waals surface area contributed by atoms with Crippen LogP contribution in [0.1, 0.15) is 17.8 Å². The van der Waals surface area contributed by atoms with Crippen LogP contribution in [0.4, 0.5) is 0 Å². The van der Waals surface area contributed by atoms with Gasteiger partial charge < -0.3 is 20.1 Å². The third kappa shape index (κ3) is 2.16. The molecule has 2 aliphatic rings. The normalized spacial score (nSPS) is 29.2. The number of carbonyl (C=O) groups is 2. The topological polar surface area (TPSA) is 119 Å². The van der Waals surface area contributed by atoms with Crippen molar-refractivity contribution >= 4 is 11.9 Å². The lowest BCUT2D eigenvalue weighted by molar-refractivity contribution is -0.149. The van der Waals surface area contributed by atoms with Gasteiger partial charge in [-0.2, -0.15) is 0 Å². The van der Waals surface area contributed by atoms with Crippen molar-refractivity contribution in [1.82, 2.24) is 20.2 Å². The first-order valence-electron chi connectivity index (χ1n) is 6.52. The summed E-state index contributed by atoms with van der Waals surface area (Å²) in [6.45, 7) is 0.571. The molecule has 0 aliphatic carbocycles. The number of rotatable bonds is 2. The number of nitrogens with zero attached hydrogens (tertiary/aromatic N) is 2. The van der Waals surface area contributed by atoms with E-state index in [0.29, 0.717) is 13.0 Å². The maximum Gasteiger partial charge on any atom is 0.326 e.